The Morgan fingerprint density at radius 2 is 1.74 bits per heavy atom. The molecule has 8 heteroatoms. The minimum atomic E-state index is -0.666. The second kappa shape index (κ2) is 9.42. The number of rotatable bonds is 7. The molecule has 0 bridgehead atoms. The van der Waals surface area contributed by atoms with Crippen LogP contribution in [0.3, 0.4) is 0 Å². The molecule has 0 aliphatic carbocycles. The van der Waals surface area contributed by atoms with Gasteiger partial charge in [-0.05, 0) is 62.4 Å². The van der Waals surface area contributed by atoms with Gasteiger partial charge < -0.3 is 19.7 Å². The molecule has 7 nitrogen and oxygen atoms in total. The Morgan fingerprint density at radius 1 is 1.10 bits per heavy atom. The summed E-state index contributed by atoms with van der Waals surface area (Å²) in [6.45, 7) is 3.46. The van der Waals surface area contributed by atoms with E-state index < -0.39 is 29.6 Å². The summed E-state index contributed by atoms with van der Waals surface area (Å²) in [5, 5.41) is 2.71. The van der Waals surface area contributed by atoms with E-state index in [-0.39, 0.29) is 24.2 Å². The first kappa shape index (κ1) is 22.0. The first-order valence-corrected chi connectivity index (χ1v) is 9.78. The van der Waals surface area contributed by atoms with Crippen LogP contribution in [0.4, 0.5) is 15.8 Å². The van der Waals surface area contributed by atoms with Crippen molar-refractivity contribution in [3.8, 4) is 5.75 Å². The van der Waals surface area contributed by atoms with Gasteiger partial charge in [0.2, 0.25) is 5.91 Å². The lowest BCUT2D eigenvalue weighted by Gasteiger charge is -2.23. The number of anilines is 2. The maximum absolute atomic E-state index is 13.3. The lowest BCUT2D eigenvalue weighted by Crippen LogP contribution is -2.35. The van der Waals surface area contributed by atoms with Gasteiger partial charge in [-0.2, -0.15) is 0 Å². The van der Waals surface area contributed by atoms with Crippen LogP contribution in [0, 0.1) is 5.82 Å². The van der Waals surface area contributed by atoms with E-state index in [2.05, 4.69) is 5.32 Å². The molecule has 31 heavy (non-hydrogen) atoms. The van der Waals surface area contributed by atoms with Crippen LogP contribution in [-0.2, 0) is 19.1 Å². The summed E-state index contributed by atoms with van der Waals surface area (Å²) < 4.78 is 23.5. The molecule has 3 rings (SSSR count). The largest absolute Gasteiger partial charge is 0.497 e. The molecule has 2 aromatic carbocycles. The number of amides is 2. The fourth-order valence-corrected chi connectivity index (χ4v) is 3.47. The topological polar surface area (TPSA) is 84.9 Å². The Morgan fingerprint density at radius 3 is 2.32 bits per heavy atom. The number of carbonyl (C=O) groups is 3. The lowest BCUT2D eigenvalue weighted by molar-refractivity contribution is -0.138. The number of hydrogen-bond donors (Lipinski definition) is 1. The van der Waals surface area contributed by atoms with Crippen LogP contribution in [0.1, 0.15) is 20.3 Å². The average Bonchev–Trinajstić information content (AvgIpc) is 2.99. The van der Waals surface area contributed by atoms with Crippen LogP contribution >= 0.6 is 0 Å². The fraction of sp³-hybridized carbons (Fsp3) is 0.261. The predicted octanol–water partition coefficient (Wildman–Crippen LogP) is 3.46. The van der Waals surface area contributed by atoms with E-state index in [0.717, 1.165) is 0 Å². The summed E-state index contributed by atoms with van der Waals surface area (Å²) in [4.78, 5) is 39.8. The maximum Gasteiger partial charge on any atom is 0.336 e. The van der Waals surface area contributed by atoms with Crippen LogP contribution in [-0.4, -0.2) is 37.5 Å². The Kier molecular flexibility index (Phi) is 6.69. The molecule has 0 spiro atoms. The highest BCUT2D eigenvalue weighted by Crippen LogP contribution is 2.33. The van der Waals surface area contributed by atoms with Crippen LogP contribution < -0.4 is 15.0 Å². The molecule has 0 saturated heterocycles. The van der Waals surface area contributed by atoms with E-state index in [1.165, 1.54) is 36.3 Å². The molecule has 1 heterocycles. The fourth-order valence-electron chi connectivity index (χ4n) is 3.47. The third-order valence-corrected chi connectivity index (χ3v) is 4.92. The average molecular weight is 426 g/mol. The van der Waals surface area contributed by atoms with Gasteiger partial charge in [-0.25, -0.2) is 9.18 Å². The van der Waals surface area contributed by atoms with E-state index in [0.29, 0.717) is 17.1 Å². The van der Waals surface area contributed by atoms with Crippen molar-refractivity contribution in [2.24, 2.45) is 0 Å². The second-order valence-corrected chi connectivity index (χ2v) is 6.89. The standard InChI is InChI=1S/C23H23FN2O5/c1-4-31-23(29)21-14(2)26(17-9-5-15(24)6-10-17)22(28)19(21)13-20(27)25-16-7-11-18(30-3)12-8-16/h5-12,14H,4,13H2,1-3H3,(H,25,27)/t14-/m0/s1. The van der Waals surface area contributed by atoms with Gasteiger partial charge >= 0.3 is 5.97 Å². The van der Waals surface area contributed by atoms with Gasteiger partial charge in [0.05, 0.1) is 31.8 Å². The summed E-state index contributed by atoms with van der Waals surface area (Å²) in [5.74, 6) is -1.41. The van der Waals surface area contributed by atoms with Crippen LogP contribution in [0.15, 0.2) is 59.7 Å². The molecule has 0 unspecified atom stereocenters. The van der Waals surface area contributed by atoms with Crippen LogP contribution in [0.5, 0.6) is 5.75 Å². The molecular formula is C23H23FN2O5. The molecule has 1 aliphatic heterocycles. The molecule has 1 aliphatic rings. The highest BCUT2D eigenvalue weighted by atomic mass is 19.1. The molecule has 0 fully saturated rings. The van der Waals surface area contributed by atoms with Gasteiger partial charge in [0, 0.05) is 16.9 Å². The van der Waals surface area contributed by atoms with E-state index in [9.17, 15) is 18.8 Å². The van der Waals surface area contributed by atoms with Crippen molar-refractivity contribution >= 4 is 29.2 Å². The number of carbonyl (C=O) groups excluding carboxylic acids is 3. The van der Waals surface area contributed by atoms with Crippen molar-refractivity contribution in [3.63, 3.8) is 0 Å². The van der Waals surface area contributed by atoms with Gasteiger partial charge in [-0.1, -0.05) is 0 Å². The van der Waals surface area contributed by atoms with Gasteiger partial charge in [0.25, 0.3) is 5.91 Å². The summed E-state index contributed by atoms with van der Waals surface area (Å²) in [5.41, 5.74) is 1.13. The van der Waals surface area contributed by atoms with Crippen molar-refractivity contribution < 1.29 is 28.2 Å². The van der Waals surface area contributed by atoms with Crippen LogP contribution in [0.2, 0.25) is 0 Å². The molecule has 0 radical (unpaired) electrons. The first-order chi connectivity index (χ1) is 14.8. The highest BCUT2D eigenvalue weighted by Gasteiger charge is 2.41. The van der Waals surface area contributed by atoms with Crippen LogP contribution in [0.25, 0.3) is 0 Å². The molecule has 162 valence electrons. The normalized spacial score (nSPS) is 15.8. The number of hydrogen-bond acceptors (Lipinski definition) is 5. The van der Waals surface area contributed by atoms with E-state index in [1.807, 2.05) is 0 Å². The van der Waals surface area contributed by atoms with Gasteiger partial charge in [-0.15, -0.1) is 0 Å². The first-order valence-electron chi connectivity index (χ1n) is 9.78. The molecule has 0 aromatic heterocycles. The van der Waals surface area contributed by atoms with Gasteiger partial charge in [0.15, 0.2) is 0 Å². The van der Waals surface area contributed by atoms with Crippen molar-refractivity contribution in [2.45, 2.75) is 26.3 Å². The van der Waals surface area contributed by atoms with Crippen molar-refractivity contribution in [1.29, 1.82) is 0 Å². The quantitative estimate of drug-likeness (QED) is 0.686. The molecule has 2 aromatic rings. The van der Waals surface area contributed by atoms with Crippen molar-refractivity contribution in [1.82, 2.24) is 0 Å². The Labute approximate surface area is 179 Å². The zero-order valence-electron chi connectivity index (χ0n) is 17.5. The molecule has 0 saturated carbocycles. The summed E-state index contributed by atoms with van der Waals surface area (Å²) >= 11 is 0. The number of ether oxygens (including phenoxy) is 2. The molecular weight excluding hydrogens is 403 g/mol. The molecule has 1 atom stereocenters. The number of benzene rings is 2. The zero-order valence-corrected chi connectivity index (χ0v) is 17.5. The number of esters is 1. The zero-order chi connectivity index (χ0) is 22.5. The lowest BCUT2D eigenvalue weighted by atomic mass is 10.0. The monoisotopic (exact) mass is 426 g/mol. The third kappa shape index (κ3) is 4.74. The SMILES string of the molecule is CCOC(=O)C1=C(CC(=O)Nc2ccc(OC)cc2)C(=O)N(c2ccc(F)cc2)[C@H]1C. The van der Waals surface area contributed by atoms with E-state index in [1.54, 1.807) is 38.1 Å². The third-order valence-electron chi connectivity index (χ3n) is 4.92. The summed E-state index contributed by atoms with van der Waals surface area (Å²) in [6.07, 6.45) is -0.305. The Hall–Kier alpha value is -3.68. The number of halogens is 1. The van der Waals surface area contributed by atoms with Gasteiger partial charge in [-0.3, -0.25) is 9.59 Å². The maximum atomic E-state index is 13.3. The molecule has 1 N–H and O–H groups in total. The van der Waals surface area contributed by atoms with Crippen molar-refractivity contribution in [3.05, 3.63) is 65.5 Å². The molecule has 2 amide bonds. The predicted molar refractivity (Wildman–Crippen MR) is 113 cm³/mol. The number of nitrogens with one attached hydrogen (secondary N) is 1. The van der Waals surface area contributed by atoms with Crippen molar-refractivity contribution in [2.75, 3.05) is 23.9 Å². The van der Waals surface area contributed by atoms with Gasteiger partial charge in [0.1, 0.15) is 11.6 Å². The smallest absolute Gasteiger partial charge is 0.336 e. The van der Waals surface area contributed by atoms with E-state index >= 15 is 0 Å². The highest BCUT2D eigenvalue weighted by molar-refractivity contribution is 6.18. The number of methoxy groups -OCH3 is 1. The summed E-state index contributed by atoms with van der Waals surface area (Å²) in [7, 11) is 1.54. The minimum absolute atomic E-state index is 0.0567. The minimum Gasteiger partial charge on any atom is -0.497 e. The Bertz CT molecular complexity index is 1020. The summed E-state index contributed by atoms with van der Waals surface area (Å²) in [6, 6.07) is 11.4. The number of nitrogens with zero attached hydrogens (tertiary/aromatic N) is 1. The van der Waals surface area contributed by atoms with E-state index in [4.69, 9.17) is 9.47 Å². The Balaban J connectivity index is 1.87. The second-order valence-electron chi connectivity index (χ2n) is 6.89.